The summed E-state index contributed by atoms with van der Waals surface area (Å²) in [5.41, 5.74) is 1.64. The molecule has 0 radical (unpaired) electrons. The average Bonchev–Trinajstić information content (AvgIpc) is 2.47. The maximum atomic E-state index is 13.5. The molecule has 0 fully saturated rings. The molecule has 1 heterocycles. The van der Waals surface area contributed by atoms with Gasteiger partial charge in [0, 0.05) is 36.0 Å². The Kier molecular flexibility index (Phi) is 4.82. The SMILES string of the molecule is Cc1ncc(CO)c(CNCc2cc(F)ccc2F)c1O. The van der Waals surface area contributed by atoms with E-state index in [2.05, 4.69) is 10.3 Å². The number of aromatic nitrogens is 1. The molecule has 0 aliphatic heterocycles. The summed E-state index contributed by atoms with van der Waals surface area (Å²) >= 11 is 0. The summed E-state index contributed by atoms with van der Waals surface area (Å²) in [6, 6.07) is 3.24. The number of hydrogen-bond acceptors (Lipinski definition) is 4. The number of aliphatic hydroxyl groups is 1. The first-order valence-corrected chi connectivity index (χ1v) is 6.44. The lowest BCUT2D eigenvalue weighted by Gasteiger charge is -2.12. The fourth-order valence-corrected chi connectivity index (χ4v) is 2.02. The number of aliphatic hydroxyl groups excluding tert-OH is 1. The molecule has 2 rings (SSSR count). The number of nitrogens with zero attached hydrogens (tertiary/aromatic N) is 1. The third kappa shape index (κ3) is 3.53. The van der Waals surface area contributed by atoms with E-state index in [1.807, 2.05) is 0 Å². The van der Waals surface area contributed by atoms with Crippen LogP contribution >= 0.6 is 0 Å². The van der Waals surface area contributed by atoms with Gasteiger partial charge in [-0.3, -0.25) is 4.98 Å². The predicted octanol–water partition coefficient (Wildman–Crippen LogP) is 2.16. The van der Waals surface area contributed by atoms with Crippen molar-refractivity contribution >= 4 is 0 Å². The monoisotopic (exact) mass is 294 g/mol. The molecule has 1 aromatic carbocycles. The van der Waals surface area contributed by atoms with Crippen molar-refractivity contribution in [2.45, 2.75) is 26.6 Å². The molecule has 6 heteroatoms. The first kappa shape index (κ1) is 15.3. The van der Waals surface area contributed by atoms with Crippen LogP contribution in [0.2, 0.25) is 0 Å². The van der Waals surface area contributed by atoms with Gasteiger partial charge in [-0.2, -0.15) is 0 Å². The second-order valence-electron chi connectivity index (χ2n) is 4.69. The molecule has 0 saturated carbocycles. The smallest absolute Gasteiger partial charge is 0.141 e. The highest BCUT2D eigenvalue weighted by Crippen LogP contribution is 2.23. The number of pyridine rings is 1. The van der Waals surface area contributed by atoms with Gasteiger partial charge in [0.25, 0.3) is 0 Å². The van der Waals surface area contributed by atoms with E-state index in [9.17, 15) is 19.0 Å². The number of aromatic hydroxyl groups is 1. The first-order valence-electron chi connectivity index (χ1n) is 6.44. The van der Waals surface area contributed by atoms with E-state index in [-0.39, 0.29) is 31.0 Å². The number of benzene rings is 1. The molecule has 0 aliphatic rings. The van der Waals surface area contributed by atoms with Gasteiger partial charge < -0.3 is 15.5 Å². The highest BCUT2D eigenvalue weighted by atomic mass is 19.1. The van der Waals surface area contributed by atoms with Crippen LogP contribution < -0.4 is 5.32 Å². The average molecular weight is 294 g/mol. The van der Waals surface area contributed by atoms with Crippen LogP contribution in [0.1, 0.15) is 22.4 Å². The molecular weight excluding hydrogens is 278 g/mol. The Balaban J connectivity index is 2.10. The second kappa shape index (κ2) is 6.60. The van der Waals surface area contributed by atoms with E-state index in [0.29, 0.717) is 16.8 Å². The van der Waals surface area contributed by atoms with Crippen LogP contribution in [0.15, 0.2) is 24.4 Å². The minimum atomic E-state index is -0.508. The van der Waals surface area contributed by atoms with Gasteiger partial charge in [-0.25, -0.2) is 8.78 Å². The van der Waals surface area contributed by atoms with Crippen LogP contribution in [0.3, 0.4) is 0 Å². The van der Waals surface area contributed by atoms with Crippen LogP contribution in [-0.4, -0.2) is 15.2 Å². The van der Waals surface area contributed by atoms with Gasteiger partial charge in [0.15, 0.2) is 0 Å². The molecule has 4 nitrogen and oxygen atoms in total. The van der Waals surface area contributed by atoms with E-state index < -0.39 is 11.6 Å². The lowest BCUT2D eigenvalue weighted by molar-refractivity contribution is 0.278. The number of aryl methyl sites for hydroxylation is 1. The van der Waals surface area contributed by atoms with E-state index in [4.69, 9.17) is 0 Å². The Labute approximate surface area is 121 Å². The summed E-state index contributed by atoms with van der Waals surface area (Å²) in [6.07, 6.45) is 1.48. The zero-order chi connectivity index (χ0) is 15.4. The van der Waals surface area contributed by atoms with Crippen molar-refractivity contribution in [2.75, 3.05) is 0 Å². The molecule has 0 aliphatic carbocycles. The van der Waals surface area contributed by atoms with E-state index in [1.165, 1.54) is 6.20 Å². The third-order valence-corrected chi connectivity index (χ3v) is 3.23. The Hall–Kier alpha value is -2.05. The van der Waals surface area contributed by atoms with Crippen molar-refractivity contribution in [3.8, 4) is 5.75 Å². The second-order valence-corrected chi connectivity index (χ2v) is 4.69. The van der Waals surface area contributed by atoms with Gasteiger partial charge in [0.1, 0.15) is 17.4 Å². The van der Waals surface area contributed by atoms with Crippen molar-refractivity contribution in [3.63, 3.8) is 0 Å². The number of halogens is 2. The fourth-order valence-electron chi connectivity index (χ4n) is 2.02. The normalized spacial score (nSPS) is 10.9. The summed E-state index contributed by atoms with van der Waals surface area (Å²) < 4.78 is 26.5. The molecule has 21 heavy (non-hydrogen) atoms. The van der Waals surface area contributed by atoms with Gasteiger partial charge in [-0.15, -0.1) is 0 Å². The predicted molar refractivity (Wildman–Crippen MR) is 73.5 cm³/mol. The summed E-state index contributed by atoms with van der Waals surface area (Å²) in [6.45, 7) is 1.70. The summed E-state index contributed by atoms with van der Waals surface area (Å²) in [7, 11) is 0. The van der Waals surface area contributed by atoms with Crippen molar-refractivity contribution in [3.05, 3.63) is 58.4 Å². The zero-order valence-electron chi connectivity index (χ0n) is 11.5. The van der Waals surface area contributed by atoms with Gasteiger partial charge >= 0.3 is 0 Å². The lowest BCUT2D eigenvalue weighted by Crippen LogP contribution is -2.16. The minimum absolute atomic E-state index is 0.00577. The Morgan fingerprint density at radius 3 is 2.67 bits per heavy atom. The highest BCUT2D eigenvalue weighted by molar-refractivity contribution is 5.40. The first-order chi connectivity index (χ1) is 10.0. The molecule has 0 amide bonds. The summed E-state index contributed by atoms with van der Waals surface area (Å²) in [5.74, 6) is -1.01. The number of hydrogen-bond donors (Lipinski definition) is 3. The van der Waals surface area contributed by atoms with E-state index >= 15 is 0 Å². The fraction of sp³-hybridized carbons (Fsp3) is 0.267. The Bertz CT molecular complexity index is 648. The molecule has 112 valence electrons. The van der Waals surface area contributed by atoms with Crippen LogP contribution in [0.5, 0.6) is 5.75 Å². The van der Waals surface area contributed by atoms with Crippen molar-refractivity contribution in [2.24, 2.45) is 0 Å². The molecule has 0 bridgehead atoms. The van der Waals surface area contributed by atoms with E-state index in [0.717, 1.165) is 18.2 Å². The summed E-state index contributed by atoms with van der Waals surface area (Å²) in [5, 5.41) is 22.1. The molecule has 1 aromatic heterocycles. The third-order valence-electron chi connectivity index (χ3n) is 3.23. The van der Waals surface area contributed by atoms with Crippen molar-refractivity contribution < 1.29 is 19.0 Å². The molecule has 3 N–H and O–H groups in total. The summed E-state index contributed by atoms with van der Waals surface area (Å²) in [4.78, 5) is 3.95. The quantitative estimate of drug-likeness (QED) is 0.790. The standard InChI is InChI=1S/C15H16F2N2O2/c1-9-15(21)13(11(8-20)6-19-9)7-18-5-10-4-12(16)2-3-14(10)17/h2-4,6,18,20-21H,5,7-8H2,1H3. The topological polar surface area (TPSA) is 65.4 Å². The van der Waals surface area contributed by atoms with Crippen LogP contribution in [0, 0.1) is 18.6 Å². The van der Waals surface area contributed by atoms with Gasteiger partial charge in [-0.1, -0.05) is 0 Å². The van der Waals surface area contributed by atoms with Gasteiger partial charge in [-0.05, 0) is 25.1 Å². The molecular formula is C15H16F2N2O2. The lowest BCUT2D eigenvalue weighted by atomic mass is 10.1. The molecule has 0 spiro atoms. The van der Waals surface area contributed by atoms with Crippen molar-refractivity contribution in [1.29, 1.82) is 0 Å². The number of rotatable bonds is 5. The number of nitrogens with one attached hydrogen (secondary N) is 1. The zero-order valence-corrected chi connectivity index (χ0v) is 11.5. The molecule has 0 saturated heterocycles. The van der Waals surface area contributed by atoms with E-state index in [1.54, 1.807) is 6.92 Å². The maximum absolute atomic E-state index is 13.5. The molecule has 0 unspecified atom stereocenters. The van der Waals surface area contributed by atoms with Gasteiger partial charge in [0.2, 0.25) is 0 Å². The maximum Gasteiger partial charge on any atom is 0.141 e. The van der Waals surface area contributed by atoms with Crippen LogP contribution in [-0.2, 0) is 19.7 Å². The van der Waals surface area contributed by atoms with Crippen LogP contribution in [0.4, 0.5) is 8.78 Å². The van der Waals surface area contributed by atoms with Gasteiger partial charge in [0.05, 0.1) is 12.3 Å². The minimum Gasteiger partial charge on any atom is -0.506 e. The highest BCUT2D eigenvalue weighted by Gasteiger charge is 2.11. The largest absolute Gasteiger partial charge is 0.506 e. The molecule has 2 aromatic rings. The Morgan fingerprint density at radius 1 is 1.19 bits per heavy atom. The van der Waals surface area contributed by atoms with Crippen LogP contribution in [0.25, 0.3) is 0 Å². The Morgan fingerprint density at radius 2 is 1.95 bits per heavy atom. The molecule has 0 atom stereocenters. The van der Waals surface area contributed by atoms with Crippen molar-refractivity contribution in [1.82, 2.24) is 10.3 Å².